The lowest BCUT2D eigenvalue weighted by atomic mass is 10.1. The van der Waals surface area contributed by atoms with Crippen LogP contribution in [0.25, 0.3) is 0 Å². The largest absolute Gasteiger partial charge is 0.444 e. The van der Waals surface area contributed by atoms with Crippen molar-refractivity contribution < 1.29 is 23.5 Å². The number of carbonyl (C=O) groups excluding carboxylic acids is 2. The van der Waals surface area contributed by atoms with Crippen LogP contribution in [0.15, 0.2) is 24.3 Å². The van der Waals surface area contributed by atoms with Crippen molar-refractivity contribution in [3.05, 3.63) is 35.6 Å². The predicted octanol–water partition coefficient (Wildman–Crippen LogP) is 3.13. The first-order chi connectivity index (χ1) is 12.8. The number of likely N-dealkylation sites (tertiary alicyclic amines) is 1. The number of benzene rings is 1. The minimum atomic E-state index is -0.609. The molecule has 2 saturated heterocycles. The van der Waals surface area contributed by atoms with Crippen LogP contribution in [0.1, 0.15) is 45.3 Å². The molecule has 0 saturated carbocycles. The Bertz CT molecular complexity index is 703. The normalized spacial score (nSPS) is 23.4. The fraction of sp³-hybridized carbons (Fsp3) is 0.600. The Morgan fingerprint density at radius 1 is 1.22 bits per heavy atom. The van der Waals surface area contributed by atoms with Gasteiger partial charge in [-0.05, 0) is 39.7 Å². The number of halogens is 1. The Hall–Kier alpha value is -2.15. The third kappa shape index (κ3) is 4.58. The second-order valence-corrected chi connectivity index (χ2v) is 8.00. The highest BCUT2D eigenvalue weighted by Crippen LogP contribution is 2.27. The third-order valence-corrected chi connectivity index (χ3v) is 4.80. The smallest absolute Gasteiger partial charge is 0.410 e. The van der Waals surface area contributed by atoms with Gasteiger partial charge in [0.2, 0.25) is 5.91 Å². The fourth-order valence-electron chi connectivity index (χ4n) is 3.55. The Morgan fingerprint density at radius 3 is 2.67 bits per heavy atom. The topological polar surface area (TPSA) is 59.1 Å². The molecule has 2 fully saturated rings. The van der Waals surface area contributed by atoms with Gasteiger partial charge in [-0.1, -0.05) is 18.2 Å². The second-order valence-electron chi connectivity index (χ2n) is 8.00. The number of hydrogen-bond acceptors (Lipinski definition) is 4. The molecule has 1 aromatic carbocycles. The van der Waals surface area contributed by atoms with E-state index in [1.807, 2.05) is 0 Å². The van der Waals surface area contributed by atoms with Gasteiger partial charge < -0.3 is 14.4 Å². The first kappa shape index (κ1) is 19.6. The van der Waals surface area contributed by atoms with Gasteiger partial charge in [0, 0.05) is 18.7 Å². The highest BCUT2D eigenvalue weighted by Gasteiger charge is 2.40. The number of carbonyl (C=O) groups is 2. The average molecular weight is 378 g/mol. The maximum absolute atomic E-state index is 14.1. The van der Waals surface area contributed by atoms with Gasteiger partial charge in [-0.2, -0.15) is 0 Å². The molecule has 148 valence electrons. The van der Waals surface area contributed by atoms with Gasteiger partial charge in [0.05, 0.1) is 13.2 Å². The summed E-state index contributed by atoms with van der Waals surface area (Å²) in [6.07, 6.45) is 0.411. The molecule has 2 atom stereocenters. The van der Waals surface area contributed by atoms with Crippen LogP contribution in [0.3, 0.4) is 0 Å². The van der Waals surface area contributed by atoms with E-state index in [2.05, 4.69) is 0 Å². The molecule has 2 heterocycles. The molecule has 2 amide bonds. The number of amides is 2. The van der Waals surface area contributed by atoms with Crippen molar-refractivity contribution in [3.63, 3.8) is 0 Å². The average Bonchev–Trinajstić information content (AvgIpc) is 3.10. The molecule has 0 bridgehead atoms. The number of rotatable bonds is 2. The maximum atomic E-state index is 14.1. The van der Waals surface area contributed by atoms with Gasteiger partial charge in [-0.25, -0.2) is 9.18 Å². The van der Waals surface area contributed by atoms with E-state index in [1.54, 1.807) is 43.9 Å². The highest BCUT2D eigenvalue weighted by atomic mass is 19.1. The first-order valence-electron chi connectivity index (χ1n) is 9.41. The van der Waals surface area contributed by atoms with Crippen molar-refractivity contribution in [2.24, 2.45) is 0 Å². The van der Waals surface area contributed by atoms with Crippen LogP contribution in [0.5, 0.6) is 0 Å². The highest BCUT2D eigenvalue weighted by molar-refractivity contribution is 5.86. The molecule has 2 aliphatic rings. The maximum Gasteiger partial charge on any atom is 0.410 e. The van der Waals surface area contributed by atoms with Crippen LogP contribution in [0, 0.1) is 5.82 Å². The van der Waals surface area contributed by atoms with Gasteiger partial charge in [0.15, 0.2) is 0 Å². The van der Waals surface area contributed by atoms with E-state index in [9.17, 15) is 14.0 Å². The van der Waals surface area contributed by atoms with Crippen molar-refractivity contribution in [1.82, 2.24) is 9.80 Å². The quantitative estimate of drug-likeness (QED) is 0.793. The SMILES string of the molecule is CC(C)(C)OC(=O)N1CCC[C@H]1C(=O)N1CCOC(c2ccccc2F)C1. The number of morpholine rings is 1. The van der Waals surface area contributed by atoms with E-state index < -0.39 is 23.8 Å². The molecule has 0 aromatic heterocycles. The summed E-state index contributed by atoms with van der Waals surface area (Å²) >= 11 is 0. The number of nitrogens with zero attached hydrogens (tertiary/aromatic N) is 2. The van der Waals surface area contributed by atoms with Crippen molar-refractivity contribution in [2.45, 2.75) is 51.4 Å². The summed E-state index contributed by atoms with van der Waals surface area (Å²) in [6.45, 7) is 6.97. The van der Waals surface area contributed by atoms with Crippen LogP contribution in [-0.2, 0) is 14.3 Å². The fourth-order valence-corrected chi connectivity index (χ4v) is 3.55. The molecular weight excluding hydrogens is 351 g/mol. The van der Waals surface area contributed by atoms with Crippen molar-refractivity contribution in [1.29, 1.82) is 0 Å². The molecule has 1 aromatic rings. The summed E-state index contributed by atoms with van der Waals surface area (Å²) in [4.78, 5) is 28.7. The molecule has 0 aliphatic carbocycles. The van der Waals surface area contributed by atoms with Crippen molar-refractivity contribution >= 4 is 12.0 Å². The lowest BCUT2D eigenvalue weighted by Gasteiger charge is -2.36. The van der Waals surface area contributed by atoms with Crippen molar-refractivity contribution in [2.75, 3.05) is 26.2 Å². The van der Waals surface area contributed by atoms with Crippen molar-refractivity contribution in [3.8, 4) is 0 Å². The summed E-state index contributed by atoms with van der Waals surface area (Å²) in [7, 11) is 0. The third-order valence-electron chi connectivity index (χ3n) is 4.80. The molecule has 1 unspecified atom stereocenters. The Labute approximate surface area is 159 Å². The molecule has 3 rings (SSSR count). The Balaban J connectivity index is 1.69. The summed E-state index contributed by atoms with van der Waals surface area (Å²) in [5, 5.41) is 0. The van der Waals surface area contributed by atoms with Crippen LogP contribution < -0.4 is 0 Å². The Kier molecular flexibility index (Phi) is 5.69. The number of ether oxygens (including phenoxy) is 2. The van der Waals surface area contributed by atoms with Gasteiger partial charge >= 0.3 is 6.09 Å². The van der Waals surface area contributed by atoms with E-state index in [1.165, 1.54) is 11.0 Å². The minimum Gasteiger partial charge on any atom is -0.444 e. The molecule has 6 nitrogen and oxygen atoms in total. The zero-order valence-corrected chi connectivity index (χ0v) is 16.1. The lowest BCUT2D eigenvalue weighted by Crippen LogP contribution is -2.52. The zero-order valence-electron chi connectivity index (χ0n) is 16.1. The summed E-state index contributed by atoms with van der Waals surface area (Å²) in [5.41, 5.74) is -0.159. The van der Waals surface area contributed by atoms with Gasteiger partial charge in [-0.3, -0.25) is 9.69 Å². The minimum absolute atomic E-state index is 0.122. The van der Waals surface area contributed by atoms with Gasteiger partial charge in [0.1, 0.15) is 23.6 Å². The molecule has 0 radical (unpaired) electrons. The van der Waals surface area contributed by atoms with Crippen LogP contribution in [-0.4, -0.2) is 59.7 Å². The molecule has 0 N–H and O–H groups in total. The van der Waals surface area contributed by atoms with Crippen LogP contribution in [0.4, 0.5) is 9.18 Å². The second kappa shape index (κ2) is 7.84. The zero-order chi connectivity index (χ0) is 19.6. The summed E-state index contributed by atoms with van der Waals surface area (Å²) < 4.78 is 25.2. The van der Waals surface area contributed by atoms with Crippen LogP contribution in [0.2, 0.25) is 0 Å². The number of hydrogen-bond donors (Lipinski definition) is 0. The van der Waals surface area contributed by atoms with E-state index in [-0.39, 0.29) is 18.3 Å². The molecular formula is C20H27FN2O4. The Morgan fingerprint density at radius 2 is 1.96 bits per heavy atom. The molecule has 2 aliphatic heterocycles. The van der Waals surface area contributed by atoms with E-state index in [4.69, 9.17) is 9.47 Å². The molecule has 7 heteroatoms. The standard InChI is InChI=1S/C20H27FN2O4/c1-20(2,3)27-19(25)23-10-6-9-16(23)18(24)22-11-12-26-17(13-22)14-7-4-5-8-15(14)21/h4-5,7-8,16-17H,6,9-13H2,1-3H3/t16-,17?/m0/s1. The van der Waals surface area contributed by atoms with E-state index >= 15 is 0 Å². The van der Waals surface area contributed by atoms with Gasteiger partial charge in [0.25, 0.3) is 0 Å². The predicted molar refractivity (Wildman–Crippen MR) is 97.6 cm³/mol. The first-order valence-corrected chi connectivity index (χ1v) is 9.41. The molecule has 0 spiro atoms. The van der Waals surface area contributed by atoms with E-state index in [0.717, 1.165) is 6.42 Å². The van der Waals surface area contributed by atoms with Gasteiger partial charge in [-0.15, -0.1) is 0 Å². The van der Waals surface area contributed by atoms with E-state index in [0.29, 0.717) is 31.7 Å². The lowest BCUT2D eigenvalue weighted by molar-refractivity contribution is -0.143. The summed E-state index contributed by atoms with van der Waals surface area (Å²) in [5.74, 6) is -0.462. The molecule has 27 heavy (non-hydrogen) atoms. The monoisotopic (exact) mass is 378 g/mol. The summed E-state index contributed by atoms with van der Waals surface area (Å²) in [6, 6.07) is 5.92. The van der Waals surface area contributed by atoms with Crippen LogP contribution >= 0.6 is 0 Å².